The lowest BCUT2D eigenvalue weighted by Gasteiger charge is -2.39. The van der Waals surface area contributed by atoms with Crippen LogP contribution in [0, 0.1) is 5.92 Å². The molecular weight excluding hydrogens is 222 g/mol. The maximum atomic E-state index is 10.9. The van der Waals surface area contributed by atoms with E-state index in [1.807, 2.05) is 11.8 Å². The van der Waals surface area contributed by atoms with Gasteiger partial charge in [0.15, 0.2) is 0 Å². The molecule has 0 spiro atoms. The SMILES string of the molecule is CSC1CCCC(NC2CCC2C(=O)O)C1. The summed E-state index contributed by atoms with van der Waals surface area (Å²) in [7, 11) is 0. The monoisotopic (exact) mass is 243 g/mol. The molecule has 2 N–H and O–H groups in total. The largest absolute Gasteiger partial charge is 0.481 e. The third-order valence-electron chi connectivity index (χ3n) is 4.00. The summed E-state index contributed by atoms with van der Waals surface area (Å²) in [5, 5.41) is 13.3. The third-order valence-corrected chi connectivity index (χ3v) is 5.10. The van der Waals surface area contributed by atoms with Crippen LogP contribution in [0.15, 0.2) is 0 Å². The minimum atomic E-state index is -0.624. The van der Waals surface area contributed by atoms with Crippen molar-refractivity contribution in [2.24, 2.45) is 5.92 Å². The van der Waals surface area contributed by atoms with Gasteiger partial charge in [0.1, 0.15) is 0 Å². The summed E-state index contributed by atoms with van der Waals surface area (Å²) in [6.45, 7) is 0. The highest BCUT2D eigenvalue weighted by Crippen LogP contribution is 2.32. The molecule has 0 heterocycles. The van der Waals surface area contributed by atoms with Crippen molar-refractivity contribution in [3.8, 4) is 0 Å². The number of carboxylic acid groups (broad SMARTS) is 1. The highest BCUT2D eigenvalue weighted by atomic mass is 32.2. The number of hydrogen-bond acceptors (Lipinski definition) is 3. The molecule has 4 atom stereocenters. The zero-order valence-corrected chi connectivity index (χ0v) is 10.6. The summed E-state index contributed by atoms with van der Waals surface area (Å²) >= 11 is 1.95. The maximum Gasteiger partial charge on any atom is 0.308 e. The second-order valence-electron chi connectivity index (χ2n) is 5.02. The Morgan fingerprint density at radius 3 is 2.69 bits per heavy atom. The molecule has 2 saturated carbocycles. The van der Waals surface area contributed by atoms with Gasteiger partial charge >= 0.3 is 5.97 Å². The third kappa shape index (κ3) is 2.72. The van der Waals surface area contributed by atoms with Gasteiger partial charge in [-0.15, -0.1) is 0 Å². The van der Waals surface area contributed by atoms with Gasteiger partial charge in [-0.1, -0.05) is 6.42 Å². The maximum absolute atomic E-state index is 10.9. The fourth-order valence-corrected chi connectivity index (χ4v) is 3.64. The van der Waals surface area contributed by atoms with Crippen molar-refractivity contribution >= 4 is 17.7 Å². The molecule has 0 bridgehead atoms. The first-order valence-electron chi connectivity index (χ1n) is 6.22. The predicted octanol–water partition coefficient (Wildman–Crippen LogP) is 2.11. The summed E-state index contributed by atoms with van der Waals surface area (Å²) in [5.41, 5.74) is 0. The Morgan fingerprint density at radius 1 is 1.31 bits per heavy atom. The van der Waals surface area contributed by atoms with Crippen molar-refractivity contribution in [3.63, 3.8) is 0 Å². The number of carboxylic acids is 1. The molecule has 0 aromatic carbocycles. The van der Waals surface area contributed by atoms with Gasteiger partial charge in [-0.2, -0.15) is 11.8 Å². The van der Waals surface area contributed by atoms with Crippen LogP contribution in [0.1, 0.15) is 38.5 Å². The first-order chi connectivity index (χ1) is 7.70. The molecule has 2 rings (SSSR count). The van der Waals surface area contributed by atoms with E-state index in [1.54, 1.807) is 0 Å². The van der Waals surface area contributed by atoms with Gasteiger partial charge in [0.05, 0.1) is 5.92 Å². The Hall–Kier alpha value is -0.220. The fraction of sp³-hybridized carbons (Fsp3) is 0.917. The summed E-state index contributed by atoms with van der Waals surface area (Å²) < 4.78 is 0. The van der Waals surface area contributed by atoms with Gasteiger partial charge in [0.2, 0.25) is 0 Å². The van der Waals surface area contributed by atoms with Crippen LogP contribution in [0.5, 0.6) is 0 Å². The molecule has 2 aliphatic carbocycles. The van der Waals surface area contributed by atoms with E-state index in [9.17, 15) is 4.79 Å². The first-order valence-corrected chi connectivity index (χ1v) is 7.51. The molecule has 0 aliphatic heterocycles. The van der Waals surface area contributed by atoms with Crippen LogP contribution in [0.4, 0.5) is 0 Å². The van der Waals surface area contributed by atoms with E-state index in [0.29, 0.717) is 6.04 Å². The van der Waals surface area contributed by atoms with E-state index in [-0.39, 0.29) is 12.0 Å². The highest BCUT2D eigenvalue weighted by molar-refractivity contribution is 7.99. The summed E-state index contributed by atoms with van der Waals surface area (Å²) in [4.78, 5) is 10.9. The number of aliphatic carboxylic acids is 1. The first kappa shape index (κ1) is 12.2. The van der Waals surface area contributed by atoms with Gasteiger partial charge in [0, 0.05) is 17.3 Å². The standard InChI is InChI=1S/C12H21NO2S/c1-16-9-4-2-3-8(7-9)13-11-6-5-10(11)12(14)15/h8-11,13H,2-7H2,1H3,(H,14,15). The molecule has 92 valence electrons. The summed E-state index contributed by atoms with van der Waals surface area (Å²) in [6, 6.07) is 0.793. The van der Waals surface area contributed by atoms with Gasteiger partial charge in [-0.25, -0.2) is 0 Å². The van der Waals surface area contributed by atoms with E-state index in [0.717, 1.165) is 18.1 Å². The van der Waals surface area contributed by atoms with Crippen LogP contribution in [-0.2, 0) is 4.79 Å². The molecule has 3 nitrogen and oxygen atoms in total. The van der Waals surface area contributed by atoms with E-state index < -0.39 is 5.97 Å². The Labute approximate surface area is 101 Å². The van der Waals surface area contributed by atoms with Crippen LogP contribution < -0.4 is 5.32 Å². The zero-order valence-electron chi connectivity index (χ0n) is 9.82. The predicted molar refractivity (Wildman–Crippen MR) is 66.8 cm³/mol. The fourth-order valence-electron chi connectivity index (χ4n) is 2.81. The van der Waals surface area contributed by atoms with Crippen LogP contribution in [-0.4, -0.2) is 34.7 Å². The Kier molecular flexibility index (Phi) is 4.14. The van der Waals surface area contributed by atoms with E-state index >= 15 is 0 Å². The molecule has 0 radical (unpaired) electrons. The van der Waals surface area contributed by atoms with Gasteiger partial charge in [-0.05, 0) is 38.4 Å². The average molecular weight is 243 g/mol. The Balaban J connectivity index is 1.78. The molecule has 0 saturated heterocycles. The van der Waals surface area contributed by atoms with Crippen molar-refractivity contribution < 1.29 is 9.90 Å². The molecule has 0 aromatic heterocycles. The number of nitrogens with one attached hydrogen (secondary N) is 1. The molecular formula is C12H21NO2S. The van der Waals surface area contributed by atoms with Crippen molar-refractivity contribution in [1.82, 2.24) is 5.32 Å². The topological polar surface area (TPSA) is 49.3 Å². The van der Waals surface area contributed by atoms with Crippen molar-refractivity contribution in [3.05, 3.63) is 0 Å². The molecule has 2 fully saturated rings. The van der Waals surface area contributed by atoms with E-state index in [4.69, 9.17) is 5.11 Å². The van der Waals surface area contributed by atoms with E-state index in [1.165, 1.54) is 25.7 Å². The molecule has 0 amide bonds. The molecule has 4 unspecified atom stereocenters. The molecule has 4 heteroatoms. The lowest BCUT2D eigenvalue weighted by molar-refractivity contribution is -0.146. The Bertz CT molecular complexity index is 259. The van der Waals surface area contributed by atoms with Crippen LogP contribution in [0.2, 0.25) is 0 Å². The summed E-state index contributed by atoms with van der Waals surface area (Å²) in [6.07, 6.45) is 9.11. The minimum absolute atomic E-state index is 0.130. The van der Waals surface area contributed by atoms with Crippen LogP contribution in [0.3, 0.4) is 0 Å². The van der Waals surface area contributed by atoms with Gasteiger partial charge < -0.3 is 10.4 Å². The molecule has 16 heavy (non-hydrogen) atoms. The van der Waals surface area contributed by atoms with Crippen molar-refractivity contribution in [2.75, 3.05) is 6.26 Å². The van der Waals surface area contributed by atoms with Gasteiger partial charge in [0.25, 0.3) is 0 Å². The number of hydrogen-bond donors (Lipinski definition) is 2. The van der Waals surface area contributed by atoms with Crippen molar-refractivity contribution in [1.29, 1.82) is 0 Å². The van der Waals surface area contributed by atoms with Crippen LogP contribution >= 0.6 is 11.8 Å². The quantitative estimate of drug-likeness (QED) is 0.794. The number of thioether (sulfide) groups is 1. The van der Waals surface area contributed by atoms with Crippen LogP contribution in [0.25, 0.3) is 0 Å². The minimum Gasteiger partial charge on any atom is -0.481 e. The molecule has 2 aliphatic rings. The Morgan fingerprint density at radius 2 is 2.12 bits per heavy atom. The highest BCUT2D eigenvalue weighted by Gasteiger charge is 2.38. The second kappa shape index (κ2) is 5.41. The number of carbonyl (C=O) groups is 1. The normalized spacial score (nSPS) is 39.1. The van der Waals surface area contributed by atoms with Gasteiger partial charge in [-0.3, -0.25) is 4.79 Å². The number of rotatable bonds is 4. The smallest absolute Gasteiger partial charge is 0.308 e. The second-order valence-corrected chi connectivity index (χ2v) is 6.15. The lowest BCUT2D eigenvalue weighted by Crippen LogP contribution is -2.52. The zero-order chi connectivity index (χ0) is 11.5. The van der Waals surface area contributed by atoms with Crippen molar-refractivity contribution in [2.45, 2.75) is 55.9 Å². The average Bonchev–Trinajstić information content (AvgIpc) is 2.24. The molecule has 0 aromatic rings. The lowest BCUT2D eigenvalue weighted by atomic mass is 9.78. The summed E-state index contributed by atoms with van der Waals surface area (Å²) in [5.74, 6) is -0.754. The van der Waals surface area contributed by atoms with E-state index in [2.05, 4.69) is 11.6 Å².